The zero-order valence-electron chi connectivity index (χ0n) is 11.8. The van der Waals surface area contributed by atoms with Gasteiger partial charge in [0.15, 0.2) is 0 Å². The minimum atomic E-state index is 0.182. The molecule has 0 bridgehead atoms. The molecule has 0 saturated carbocycles. The first-order valence-electron chi connectivity index (χ1n) is 6.67. The summed E-state index contributed by atoms with van der Waals surface area (Å²) in [6, 6.07) is 15.8. The molecule has 0 aromatic heterocycles. The van der Waals surface area contributed by atoms with Crippen LogP contribution < -0.4 is 15.5 Å². The molecule has 0 saturated heterocycles. The van der Waals surface area contributed by atoms with Crippen molar-refractivity contribution in [1.82, 2.24) is 5.48 Å². The van der Waals surface area contributed by atoms with Crippen LogP contribution in [0.2, 0.25) is 0 Å². The lowest BCUT2D eigenvalue weighted by Gasteiger charge is -2.11. The second-order valence-electron chi connectivity index (χ2n) is 4.85. The van der Waals surface area contributed by atoms with Crippen molar-refractivity contribution in [1.29, 1.82) is 0 Å². The van der Waals surface area contributed by atoms with Crippen LogP contribution >= 0.6 is 0 Å². The van der Waals surface area contributed by atoms with Gasteiger partial charge in [-0.2, -0.15) is 0 Å². The van der Waals surface area contributed by atoms with E-state index in [0.29, 0.717) is 6.54 Å². The smallest absolute Gasteiger partial charge is 0.119 e. The quantitative estimate of drug-likeness (QED) is 0.702. The van der Waals surface area contributed by atoms with Gasteiger partial charge < -0.3 is 15.3 Å². The number of rotatable bonds is 6. The Balaban J connectivity index is 1.98. The predicted octanol–water partition coefficient (Wildman–Crippen LogP) is 3.70. The van der Waals surface area contributed by atoms with Gasteiger partial charge in [0.1, 0.15) is 5.75 Å². The number of hydrogen-bond donors (Lipinski definition) is 3. The van der Waals surface area contributed by atoms with Gasteiger partial charge in [-0.25, -0.2) is 5.48 Å². The van der Waals surface area contributed by atoms with Crippen molar-refractivity contribution in [3.05, 3.63) is 54.1 Å². The highest BCUT2D eigenvalue weighted by atomic mass is 16.5. The standard InChI is InChI=1S/C16H20N2O2/c1-12(2)20-16-9-7-15(8-10-16)18-14-5-3-13(4-6-14)11-17-19/h3-10,12,17-19H,11H2,1-2H3. The van der Waals surface area contributed by atoms with Crippen LogP contribution in [-0.4, -0.2) is 11.3 Å². The van der Waals surface area contributed by atoms with Crippen molar-refractivity contribution in [2.45, 2.75) is 26.5 Å². The summed E-state index contributed by atoms with van der Waals surface area (Å²) in [6.07, 6.45) is 0.182. The molecule has 0 aliphatic rings. The number of anilines is 2. The fraction of sp³-hybridized carbons (Fsp3) is 0.250. The van der Waals surface area contributed by atoms with E-state index in [1.165, 1.54) is 0 Å². The van der Waals surface area contributed by atoms with E-state index in [2.05, 4.69) is 10.8 Å². The van der Waals surface area contributed by atoms with Gasteiger partial charge in [0.25, 0.3) is 0 Å². The maximum Gasteiger partial charge on any atom is 0.119 e. The van der Waals surface area contributed by atoms with Crippen molar-refractivity contribution in [2.75, 3.05) is 5.32 Å². The predicted molar refractivity (Wildman–Crippen MR) is 80.6 cm³/mol. The summed E-state index contributed by atoms with van der Waals surface area (Å²) < 4.78 is 5.60. The molecule has 0 radical (unpaired) electrons. The third kappa shape index (κ3) is 4.26. The average molecular weight is 272 g/mol. The molecule has 20 heavy (non-hydrogen) atoms. The van der Waals surface area contributed by atoms with E-state index >= 15 is 0 Å². The lowest BCUT2D eigenvalue weighted by molar-refractivity contribution is 0.161. The van der Waals surface area contributed by atoms with E-state index in [1.54, 1.807) is 0 Å². The van der Waals surface area contributed by atoms with Gasteiger partial charge in [0, 0.05) is 17.9 Å². The zero-order valence-corrected chi connectivity index (χ0v) is 11.8. The van der Waals surface area contributed by atoms with Crippen LogP contribution in [0.5, 0.6) is 5.75 Å². The zero-order chi connectivity index (χ0) is 14.4. The lowest BCUT2D eigenvalue weighted by Crippen LogP contribution is -2.05. The molecule has 0 amide bonds. The summed E-state index contributed by atoms with van der Waals surface area (Å²) in [5.74, 6) is 0.870. The fourth-order valence-electron chi connectivity index (χ4n) is 1.85. The molecule has 4 nitrogen and oxygen atoms in total. The van der Waals surface area contributed by atoms with Gasteiger partial charge in [-0.1, -0.05) is 12.1 Å². The molecule has 0 spiro atoms. The fourth-order valence-corrected chi connectivity index (χ4v) is 1.85. The van der Waals surface area contributed by atoms with Crippen LogP contribution in [0.15, 0.2) is 48.5 Å². The molecule has 0 atom stereocenters. The molecular weight excluding hydrogens is 252 g/mol. The molecule has 0 aliphatic heterocycles. The Morgan fingerprint density at radius 2 is 1.50 bits per heavy atom. The van der Waals surface area contributed by atoms with Crippen molar-refractivity contribution in [2.24, 2.45) is 0 Å². The average Bonchev–Trinajstić information content (AvgIpc) is 2.43. The topological polar surface area (TPSA) is 53.5 Å². The highest BCUT2D eigenvalue weighted by Gasteiger charge is 1.99. The Morgan fingerprint density at radius 3 is 2.00 bits per heavy atom. The normalized spacial score (nSPS) is 10.6. The Bertz CT molecular complexity index is 521. The van der Waals surface area contributed by atoms with Crippen LogP contribution in [0.3, 0.4) is 0 Å². The van der Waals surface area contributed by atoms with Crippen LogP contribution in [0.1, 0.15) is 19.4 Å². The summed E-state index contributed by atoms with van der Waals surface area (Å²) in [7, 11) is 0. The van der Waals surface area contributed by atoms with Gasteiger partial charge in [-0.15, -0.1) is 0 Å². The first-order valence-corrected chi connectivity index (χ1v) is 6.67. The van der Waals surface area contributed by atoms with Crippen molar-refractivity contribution >= 4 is 11.4 Å². The van der Waals surface area contributed by atoms with Crippen LogP contribution in [0, 0.1) is 0 Å². The lowest BCUT2D eigenvalue weighted by atomic mass is 10.2. The Kier molecular flexibility index (Phi) is 4.98. The second kappa shape index (κ2) is 6.93. The van der Waals surface area contributed by atoms with Gasteiger partial charge in [0.2, 0.25) is 0 Å². The van der Waals surface area contributed by atoms with E-state index in [0.717, 1.165) is 22.7 Å². The van der Waals surface area contributed by atoms with E-state index < -0.39 is 0 Å². The molecular formula is C16H20N2O2. The highest BCUT2D eigenvalue weighted by molar-refractivity contribution is 5.60. The van der Waals surface area contributed by atoms with Crippen LogP contribution in [0.25, 0.3) is 0 Å². The summed E-state index contributed by atoms with van der Waals surface area (Å²) >= 11 is 0. The van der Waals surface area contributed by atoms with E-state index in [9.17, 15) is 0 Å². The minimum Gasteiger partial charge on any atom is -0.491 e. The van der Waals surface area contributed by atoms with Crippen LogP contribution in [-0.2, 0) is 6.54 Å². The number of nitrogens with one attached hydrogen (secondary N) is 2. The third-order valence-corrected chi connectivity index (χ3v) is 2.75. The van der Waals surface area contributed by atoms with E-state index in [4.69, 9.17) is 9.94 Å². The maximum atomic E-state index is 8.64. The van der Waals surface area contributed by atoms with E-state index in [1.807, 2.05) is 62.4 Å². The minimum absolute atomic E-state index is 0.182. The Morgan fingerprint density at radius 1 is 0.950 bits per heavy atom. The molecule has 0 aliphatic carbocycles. The Hall–Kier alpha value is -2.04. The van der Waals surface area contributed by atoms with Crippen molar-refractivity contribution < 1.29 is 9.94 Å². The molecule has 2 aromatic carbocycles. The summed E-state index contributed by atoms with van der Waals surface area (Å²) in [6.45, 7) is 4.46. The number of benzene rings is 2. The number of hydrogen-bond acceptors (Lipinski definition) is 4. The van der Waals surface area contributed by atoms with Gasteiger partial charge >= 0.3 is 0 Å². The molecule has 2 aromatic rings. The summed E-state index contributed by atoms with van der Waals surface area (Å²) in [5, 5.41) is 12.0. The number of hydroxylamine groups is 1. The first-order chi connectivity index (χ1) is 9.67. The maximum absolute atomic E-state index is 8.64. The highest BCUT2D eigenvalue weighted by Crippen LogP contribution is 2.21. The van der Waals surface area contributed by atoms with E-state index in [-0.39, 0.29) is 6.10 Å². The molecule has 3 N–H and O–H groups in total. The van der Waals surface area contributed by atoms with Crippen molar-refractivity contribution in [3.63, 3.8) is 0 Å². The SMILES string of the molecule is CC(C)Oc1ccc(Nc2ccc(CNO)cc2)cc1. The second-order valence-corrected chi connectivity index (χ2v) is 4.85. The van der Waals surface area contributed by atoms with Gasteiger partial charge in [0.05, 0.1) is 6.10 Å². The molecule has 106 valence electrons. The third-order valence-electron chi connectivity index (χ3n) is 2.75. The largest absolute Gasteiger partial charge is 0.491 e. The molecule has 0 unspecified atom stereocenters. The molecule has 0 fully saturated rings. The van der Waals surface area contributed by atoms with Gasteiger partial charge in [-0.05, 0) is 55.8 Å². The molecule has 4 heteroatoms. The Labute approximate surface area is 119 Å². The van der Waals surface area contributed by atoms with Gasteiger partial charge in [-0.3, -0.25) is 0 Å². The molecule has 0 heterocycles. The summed E-state index contributed by atoms with van der Waals surface area (Å²) in [4.78, 5) is 0. The monoisotopic (exact) mass is 272 g/mol. The molecule has 2 rings (SSSR count). The number of ether oxygens (including phenoxy) is 1. The first kappa shape index (κ1) is 14.4. The summed E-state index contributed by atoms with van der Waals surface area (Å²) in [5.41, 5.74) is 5.18. The van der Waals surface area contributed by atoms with Crippen LogP contribution in [0.4, 0.5) is 11.4 Å². The van der Waals surface area contributed by atoms with Crippen molar-refractivity contribution in [3.8, 4) is 5.75 Å².